The molecule has 0 aliphatic heterocycles. The molecule has 0 aliphatic rings. The van der Waals surface area contributed by atoms with Gasteiger partial charge in [-0.15, -0.1) is 5.11 Å². The van der Waals surface area contributed by atoms with E-state index in [0.717, 1.165) is 29.8 Å². The molecule has 1 aromatic heterocycles. The van der Waals surface area contributed by atoms with Crippen LogP contribution in [0.25, 0.3) is 10.8 Å². The molecule has 0 aliphatic carbocycles. The summed E-state index contributed by atoms with van der Waals surface area (Å²) >= 11 is 11.7. The molecule has 38 heavy (non-hydrogen) atoms. The summed E-state index contributed by atoms with van der Waals surface area (Å²) in [7, 11) is -9.59. The third-order valence-corrected chi connectivity index (χ3v) is 7.33. The summed E-state index contributed by atoms with van der Waals surface area (Å²) in [6, 6.07) is 9.90. The molecular weight excluding hydrogens is 583 g/mol. The number of halogens is 2. The molecule has 0 saturated heterocycles. The summed E-state index contributed by atoms with van der Waals surface area (Å²) in [5.41, 5.74) is 1.47. The Balaban J connectivity index is 1.70. The lowest BCUT2D eigenvalue weighted by Crippen LogP contribution is -2.02. The van der Waals surface area contributed by atoms with E-state index in [2.05, 4.69) is 20.2 Å². The number of aromatic hydroxyl groups is 1. The summed E-state index contributed by atoms with van der Waals surface area (Å²) < 4.78 is 71.5. The van der Waals surface area contributed by atoms with Gasteiger partial charge in [0.2, 0.25) is 0 Å². The number of benzene rings is 3. The van der Waals surface area contributed by atoms with Crippen molar-refractivity contribution in [3.05, 3.63) is 70.0 Å². The Hall–Kier alpha value is -3.40. The minimum absolute atomic E-state index is 0.0239. The van der Waals surface area contributed by atoms with Crippen molar-refractivity contribution in [3.63, 3.8) is 0 Å². The van der Waals surface area contributed by atoms with Crippen LogP contribution in [-0.2, 0) is 26.8 Å². The van der Waals surface area contributed by atoms with Crippen molar-refractivity contribution in [2.75, 3.05) is 0 Å². The first kappa shape index (κ1) is 27.6. The van der Waals surface area contributed by atoms with Gasteiger partial charge in [-0.1, -0.05) is 29.3 Å². The standard InChI is InChI=1S/C22H16Cl2N4O8S2/c1-11-2-3-13(6-12(11)10-36-22-25-19(23)9-20(24)26-22)27-28-17-8-18(38(33,34)35)16-7-14(37(30,31)32)4-5-15(16)21(17)29/h2-9,29H,10H2,1H3,(H,30,31,32)(H,33,34,35). The van der Waals surface area contributed by atoms with Crippen LogP contribution in [0.2, 0.25) is 10.3 Å². The minimum Gasteiger partial charge on any atom is -0.505 e. The predicted octanol–water partition coefficient (Wildman–Crippen LogP) is 5.44. The predicted molar refractivity (Wildman–Crippen MR) is 137 cm³/mol. The second-order valence-corrected chi connectivity index (χ2v) is 11.4. The summed E-state index contributed by atoms with van der Waals surface area (Å²) in [5.74, 6) is -0.538. The van der Waals surface area contributed by atoms with Gasteiger partial charge >= 0.3 is 6.01 Å². The van der Waals surface area contributed by atoms with Gasteiger partial charge in [-0.3, -0.25) is 9.11 Å². The maximum absolute atomic E-state index is 12.0. The van der Waals surface area contributed by atoms with Gasteiger partial charge in [-0.2, -0.15) is 31.9 Å². The number of hydrogen-bond acceptors (Lipinski definition) is 10. The van der Waals surface area contributed by atoms with Crippen LogP contribution < -0.4 is 4.74 Å². The van der Waals surface area contributed by atoms with Crippen molar-refractivity contribution in [1.82, 2.24) is 9.97 Å². The quantitative estimate of drug-likeness (QED) is 0.140. The molecule has 4 aromatic rings. The molecule has 0 fully saturated rings. The van der Waals surface area contributed by atoms with E-state index in [-0.39, 0.29) is 39.4 Å². The van der Waals surface area contributed by atoms with E-state index in [4.69, 9.17) is 27.9 Å². The fourth-order valence-electron chi connectivity index (χ4n) is 3.36. The van der Waals surface area contributed by atoms with Crippen LogP contribution in [0.4, 0.5) is 11.4 Å². The Morgan fingerprint density at radius 3 is 2.18 bits per heavy atom. The van der Waals surface area contributed by atoms with Crippen LogP contribution in [0.15, 0.2) is 68.6 Å². The number of ether oxygens (including phenoxy) is 1. The topological polar surface area (TPSA) is 189 Å². The monoisotopic (exact) mass is 598 g/mol. The Bertz CT molecular complexity index is 1810. The van der Waals surface area contributed by atoms with E-state index in [1.165, 1.54) is 6.07 Å². The van der Waals surface area contributed by atoms with Crippen molar-refractivity contribution in [2.24, 2.45) is 10.2 Å². The van der Waals surface area contributed by atoms with Gasteiger partial charge in [-0.25, -0.2) is 0 Å². The fraction of sp³-hybridized carbons (Fsp3) is 0.0909. The average molecular weight is 599 g/mol. The maximum atomic E-state index is 12.0. The Morgan fingerprint density at radius 1 is 0.868 bits per heavy atom. The number of azo groups is 1. The number of nitrogens with zero attached hydrogens (tertiary/aromatic N) is 4. The zero-order chi connectivity index (χ0) is 27.8. The number of aryl methyl sites for hydroxylation is 1. The number of fused-ring (bicyclic) bond motifs is 1. The number of rotatable bonds is 7. The Kier molecular flexibility index (Phi) is 7.56. The molecule has 12 nitrogen and oxygen atoms in total. The molecule has 0 spiro atoms. The second kappa shape index (κ2) is 10.4. The lowest BCUT2D eigenvalue weighted by Gasteiger charge is -2.10. The van der Waals surface area contributed by atoms with Gasteiger partial charge < -0.3 is 9.84 Å². The summed E-state index contributed by atoms with van der Waals surface area (Å²) in [4.78, 5) is 6.46. The number of phenolic OH excluding ortho intramolecular Hbond substituents is 1. The van der Waals surface area contributed by atoms with Crippen molar-refractivity contribution in [2.45, 2.75) is 23.3 Å². The van der Waals surface area contributed by atoms with E-state index in [0.29, 0.717) is 11.3 Å². The first-order valence-electron chi connectivity index (χ1n) is 10.3. The lowest BCUT2D eigenvalue weighted by atomic mass is 10.1. The molecule has 0 saturated carbocycles. The highest BCUT2D eigenvalue weighted by molar-refractivity contribution is 7.86. The molecule has 198 valence electrons. The highest BCUT2D eigenvalue weighted by Crippen LogP contribution is 2.40. The third-order valence-electron chi connectivity index (χ3n) is 5.20. The van der Waals surface area contributed by atoms with E-state index in [1.807, 2.05) is 6.92 Å². The second-order valence-electron chi connectivity index (χ2n) is 7.80. The molecular formula is C22H16Cl2N4O8S2. The van der Waals surface area contributed by atoms with E-state index >= 15 is 0 Å². The van der Waals surface area contributed by atoms with E-state index in [9.17, 15) is 31.0 Å². The van der Waals surface area contributed by atoms with Crippen molar-refractivity contribution >= 4 is 65.6 Å². The number of hydrogen-bond donors (Lipinski definition) is 3. The molecule has 0 amide bonds. The normalized spacial score (nSPS) is 12.3. The van der Waals surface area contributed by atoms with Gasteiger partial charge in [0.25, 0.3) is 20.2 Å². The maximum Gasteiger partial charge on any atom is 0.319 e. The summed E-state index contributed by atoms with van der Waals surface area (Å²) in [6.45, 7) is 1.84. The molecule has 0 bridgehead atoms. The fourth-order valence-corrected chi connectivity index (χ4v) is 4.98. The smallest absolute Gasteiger partial charge is 0.319 e. The molecule has 0 atom stereocenters. The van der Waals surface area contributed by atoms with Gasteiger partial charge in [0, 0.05) is 16.8 Å². The van der Waals surface area contributed by atoms with Crippen molar-refractivity contribution in [3.8, 4) is 11.8 Å². The Morgan fingerprint density at radius 2 is 1.55 bits per heavy atom. The van der Waals surface area contributed by atoms with Crippen LogP contribution in [0, 0.1) is 6.92 Å². The zero-order valence-electron chi connectivity index (χ0n) is 19.1. The summed E-state index contributed by atoms with van der Waals surface area (Å²) in [6.07, 6.45) is 0. The van der Waals surface area contributed by atoms with Gasteiger partial charge in [0.1, 0.15) is 27.5 Å². The number of aromatic nitrogens is 2. The molecule has 0 unspecified atom stereocenters. The molecule has 3 N–H and O–H groups in total. The van der Waals surface area contributed by atoms with Crippen LogP contribution >= 0.6 is 23.2 Å². The molecule has 0 radical (unpaired) electrons. The zero-order valence-corrected chi connectivity index (χ0v) is 22.2. The first-order valence-corrected chi connectivity index (χ1v) is 13.9. The van der Waals surface area contributed by atoms with Crippen LogP contribution in [0.3, 0.4) is 0 Å². The van der Waals surface area contributed by atoms with Crippen LogP contribution in [0.1, 0.15) is 11.1 Å². The minimum atomic E-state index is -4.90. The average Bonchev–Trinajstić information content (AvgIpc) is 2.81. The third kappa shape index (κ3) is 6.18. The van der Waals surface area contributed by atoms with Gasteiger partial charge in [0.15, 0.2) is 5.75 Å². The molecule has 3 aromatic carbocycles. The summed E-state index contributed by atoms with van der Waals surface area (Å²) in [5, 5.41) is 18.3. The van der Waals surface area contributed by atoms with Crippen molar-refractivity contribution < 1.29 is 35.8 Å². The molecule has 4 rings (SSSR count). The Labute approximate surface area is 226 Å². The molecule has 1 heterocycles. The van der Waals surface area contributed by atoms with Crippen LogP contribution in [-0.4, -0.2) is 41.0 Å². The largest absolute Gasteiger partial charge is 0.505 e. The SMILES string of the molecule is Cc1ccc(N=Nc2cc(S(=O)(=O)O)c3cc(S(=O)(=O)O)ccc3c2O)cc1COc1nc(Cl)cc(Cl)n1. The highest BCUT2D eigenvalue weighted by Gasteiger charge is 2.22. The highest BCUT2D eigenvalue weighted by atomic mass is 35.5. The first-order chi connectivity index (χ1) is 17.7. The number of phenols is 1. The lowest BCUT2D eigenvalue weighted by molar-refractivity contribution is 0.280. The van der Waals surface area contributed by atoms with Gasteiger partial charge in [0.05, 0.1) is 10.6 Å². The van der Waals surface area contributed by atoms with Gasteiger partial charge in [-0.05, 0) is 54.4 Å². The van der Waals surface area contributed by atoms with Crippen LogP contribution in [0.5, 0.6) is 11.8 Å². The molecule has 16 heteroatoms. The van der Waals surface area contributed by atoms with E-state index in [1.54, 1.807) is 18.2 Å². The van der Waals surface area contributed by atoms with E-state index < -0.39 is 35.8 Å². The van der Waals surface area contributed by atoms with Crippen molar-refractivity contribution in [1.29, 1.82) is 0 Å².